The minimum Gasteiger partial charge on any atom is -0.324 e. The summed E-state index contributed by atoms with van der Waals surface area (Å²) in [5, 5.41) is 8.77. The molecular formula is C17H17N3O. The lowest BCUT2D eigenvalue weighted by Crippen LogP contribution is -2.29. The van der Waals surface area contributed by atoms with Crippen LogP contribution in [0.4, 0.5) is 5.69 Å². The van der Waals surface area contributed by atoms with Crippen molar-refractivity contribution in [2.45, 2.75) is 12.5 Å². The Labute approximate surface area is 124 Å². The minimum absolute atomic E-state index is 0.0592. The normalized spacial score (nSPS) is 11.5. The first kappa shape index (κ1) is 14.8. The Hall–Kier alpha value is -2.64. The van der Waals surface area contributed by atoms with Crippen LogP contribution in [0.2, 0.25) is 0 Å². The second kappa shape index (κ2) is 6.69. The molecule has 0 radical (unpaired) electrons. The predicted octanol–water partition coefficient (Wildman–Crippen LogP) is 2.61. The number of carbonyl (C=O) groups is 1. The molecule has 0 saturated heterocycles. The summed E-state index contributed by atoms with van der Waals surface area (Å²) in [4.78, 5) is 13.8. The van der Waals surface area contributed by atoms with E-state index in [4.69, 9.17) is 11.0 Å². The van der Waals surface area contributed by atoms with Gasteiger partial charge in [-0.15, -0.1) is 0 Å². The third-order valence-electron chi connectivity index (χ3n) is 3.38. The van der Waals surface area contributed by atoms with Gasteiger partial charge in [0.05, 0.1) is 11.6 Å². The molecule has 0 aliphatic heterocycles. The van der Waals surface area contributed by atoms with E-state index in [0.29, 0.717) is 5.56 Å². The number of amides is 1. The highest BCUT2D eigenvalue weighted by atomic mass is 16.2. The maximum Gasteiger partial charge on any atom is 0.228 e. The molecule has 2 rings (SSSR count). The molecule has 0 aliphatic rings. The second-order valence-corrected chi connectivity index (χ2v) is 4.83. The SMILES string of the molecule is CN(C(=O)CC(N)c1ccccc1)c1ccc(C#N)cc1. The Bertz CT molecular complexity index is 644. The van der Waals surface area contributed by atoms with E-state index in [1.807, 2.05) is 30.3 Å². The van der Waals surface area contributed by atoms with Gasteiger partial charge in [0.2, 0.25) is 5.91 Å². The fourth-order valence-electron chi connectivity index (χ4n) is 2.05. The van der Waals surface area contributed by atoms with Gasteiger partial charge in [-0.25, -0.2) is 0 Å². The first-order chi connectivity index (χ1) is 10.1. The van der Waals surface area contributed by atoms with Crippen LogP contribution in [0, 0.1) is 11.3 Å². The molecule has 4 nitrogen and oxygen atoms in total. The average Bonchev–Trinajstić information content (AvgIpc) is 2.55. The van der Waals surface area contributed by atoms with E-state index in [-0.39, 0.29) is 18.4 Å². The van der Waals surface area contributed by atoms with Crippen LogP contribution in [0.5, 0.6) is 0 Å². The molecule has 106 valence electrons. The molecule has 1 unspecified atom stereocenters. The monoisotopic (exact) mass is 279 g/mol. The van der Waals surface area contributed by atoms with Gasteiger partial charge in [-0.1, -0.05) is 30.3 Å². The molecule has 0 aromatic heterocycles. The lowest BCUT2D eigenvalue weighted by molar-refractivity contribution is -0.118. The summed E-state index contributed by atoms with van der Waals surface area (Å²) < 4.78 is 0. The molecule has 0 spiro atoms. The van der Waals surface area contributed by atoms with Gasteiger partial charge in [-0.05, 0) is 29.8 Å². The van der Waals surface area contributed by atoms with E-state index in [1.54, 1.807) is 36.2 Å². The number of anilines is 1. The van der Waals surface area contributed by atoms with Crippen LogP contribution in [0.15, 0.2) is 54.6 Å². The molecule has 0 saturated carbocycles. The topological polar surface area (TPSA) is 70.1 Å². The molecule has 1 atom stereocenters. The second-order valence-electron chi connectivity index (χ2n) is 4.83. The van der Waals surface area contributed by atoms with Gasteiger partial charge < -0.3 is 10.6 Å². The third-order valence-corrected chi connectivity index (χ3v) is 3.38. The van der Waals surface area contributed by atoms with Crippen molar-refractivity contribution in [3.63, 3.8) is 0 Å². The zero-order chi connectivity index (χ0) is 15.2. The van der Waals surface area contributed by atoms with E-state index < -0.39 is 0 Å². The molecule has 0 aliphatic carbocycles. The molecule has 21 heavy (non-hydrogen) atoms. The van der Waals surface area contributed by atoms with Crippen molar-refractivity contribution >= 4 is 11.6 Å². The summed E-state index contributed by atoms with van der Waals surface area (Å²) in [6.07, 6.45) is 0.237. The van der Waals surface area contributed by atoms with Gasteiger partial charge in [-0.3, -0.25) is 4.79 Å². The van der Waals surface area contributed by atoms with Gasteiger partial charge in [0.15, 0.2) is 0 Å². The van der Waals surface area contributed by atoms with Gasteiger partial charge >= 0.3 is 0 Å². The van der Waals surface area contributed by atoms with Crippen molar-refractivity contribution in [1.82, 2.24) is 0 Å². The number of hydrogen-bond acceptors (Lipinski definition) is 3. The van der Waals surface area contributed by atoms with Crippen molar-refractivity contribution < 1.29 is 4.79 Å². The molecule has 2 aromatic carbocycles. The molecule has 0 fully saturated rings. The molecule has 0 heterocycles. The largest absolute Gasteiger partial charge is 0.324 e. The van der Waals surface area contributed by atoms with Crippen LogP contribution in [0.25, 0.3) is 0 Å². The van der Waals surface area contributed by atoms with Gasteiger partial charge in [0.1, 0.15) is 0 Å². The quantitative estimate of drug-likeness (QED) is 0.935. The summed E-state index contributed by atoms with van der Waals surface area (Å²) in [6.45, 7) is 0. The molecular weight excluding hydrogens is 262 g/mol. The Morgan fingerprint density at radius 3 is 2.38 bits per heavy atom. The van der Waals surface area contributed by atoms with Gasteiger partial charge in [0, 0.05) is 25.2 Å². The zero-order valence-corrected chi connectivity index (χ0v) is 11.9. The first-order valence-electron chi connectivity index (χ1n) is 6.69. The van der Waals surface area contributed by atoms with Gasteiger partial charge in [0.25, 0.3) is 0 Å². The van der Waals surface area contributed by atoms with Crippen LogP contribution in [0.1, 0.15) is 23.6 Å². The van der Waals surface area contributed by atoms with Crippen molar-refractivity contribution in [2.24, 2.45) is 5.73 Å². The Kier molecular flexibility index (Phi) is 4.70. The van der Waals surface area contributed by atoms with Gasteiger partial charge in [-0.2, -0.15) is 5.26 Å². The maximum absolute atomic E-state index is 12.3. The fourth-order valence-corrected chi connectivity index (χ4v) is 2.05. The van der Waals surface area contributed by atoms with E-state index >= 15 is 0 Å². The van der Waals surface area contributed by atoms with Crippen LogP contribution in [0.3, 0.4) is 0 Å². The van der Waals surface area contributed by atoms with Crippen molar-refractivity contribution in [3.05, 3.63) is 65.7 Å². The standard InChI is InChI=1S/C17H17N3O/c1-20(15-9-7-13(12-18)8-10-15)17(21)11-16(19)14-5-3-2-4-6-14/h2-10,16H,11,19H2,1H3. The molecule has 1 amide bonds. The number of nitriles is 1. The Morgan fingerprint density at radius 1 is 1.19 bits per heavy atom. The minimum atomic E-state index is -0.320. The summed E-state index contributed by atoms with van der Waals surface area (Å²) in [5.41, 5.74) is 8.33. The highest BCUT2D eigenvalue weighted by Gasteiger charge is 2.16. The zero-order valence-electron chi connectivity index (χ0n) is 11.9. The van der Waals surface area contributed by atoms with Crippen molar-refractivity contribution in [2.75, 3.05) is 11.9 Å². The van der Waals surface area contributed by atoms with Crippen molar-refractivity contribution in [3.8, 4) is 6.07 Å². The number of nitrogens with two attached hydrogens (primary N) is 1. The number of hydrogen-bond donors (Lipinski definition) is 1. The lowest BCUT2D eigenvalue weighted by atomic mass is 10.0. The lowest BCUT2D eigenvalue weighted by Gasteiger charge is -2.20. The van der Waals surface area contributed by atoms with Crippen LogP contribution in [-0.2, 0) is 4.79 Å². The Balaban J connectivity index is 2.04. The Morgan fingerprint density at radius 2 is 1.81 bits per heavy atom. The number of benzene rings is 2. The van der Waals surface area contributed by atoms with Crippen LogP contribution >= 0.6 is 0 Å². The number of carbonyl (C=O) groups excluding carboxylic acids is 1. The summed E-state index contributed by atoms with van der Waals surface area (Å²) >= 11 is 0. The molecule has 0 bridgehead atoms. The third kappa shape index (κ3) is 3.68. The predicted molar refractivity (Wildman–Crippen MR) is 82.6 cm³/mol. The summed E-state index contributed by atoms with van der Waals surface area (Å²) in [6, 6.07) is 18.2. The summed E-state index contributed by atoms with van der Waals surface area (Å²) in [7, 11) is 1.71. The number of rotatable bonds is 4. The molecule has 4 heteroatoms. The molecule has 2 aromatic rings. The van der Waals surface area contributed by atoms with E-state index in [9.17, 15) is 4.79 Å². The smallest absolute Gasteiger partial charge is 0.228 e. The average molecular weight is 279 g/mol. The van der Waals surface area contributed by atoms with Crippen LogP contribution < -0.4 is 10.6 Å². The number of nitrogens with zero attached hydrogens (tertiary/aromatic N) is 2. The maximum atomic E-state index is 12.3. The van der Waals surface area contributed by atoms with Crippen molar-refractivity contribution in [1.29, 1.82) is 5.26 Å². The van der Waals surface area contributed by atoms with Crippen LogP contribution in [-0.4, -0.2) is 13.0 Å². The fraction of sp³-hybridized carbons (Fsp3) is 0.176. The highest BCUT2D eigenvalue weighted by Crippen LogP contribution is 2.18. The molecule has 2 N–H and O–H groups in total. The highest BCUT2D eigenvalue weighted by molar-refractivity contribution is 5.93. The van der Waals surface area contributed by atoms with E-state index in [2.05, 4.69) is 6.07 Å². The van der Waals surface area contributed by atoms with E-state index in [1.165, 1.54) is 0 Å². The summed E-state index contributed by atoms with van der Waals surface area (Å²) in [5.74, 6) is -0.0592. The van der Waals surface area contributed by atoms with E-state index in [0.717, 1.165) is 11.3 Å². The first-order valence-corrected chi connectivity index (χ1v) is 6.69.